The number of hydrogen-bond acceptors (Lipinski definition) is 6. The maximum absolute atomic E-state index is 13.4. The maximum Gasteiger partial charge on any atom is 0.407 e. The van der Waals surface area contributed by atoms with E-state index in [4.69, 9.17) is 9.39 Å². The van der Waals surface area contributed by atoms with Crippen molar-refractivity contribution in [2.75, 3.05) is 13.7 Å². The number of nitrogens with one attached hydrogen (secondary N) is 2. The molecule has 1 aliphatic heterocycles. The topological polar surface area (TPSA) is 117 Å². The zero-order chi connectivity index (χ0) is 29.2. The van der Waals surface area contributed by atoms with Gasteiger partial charge in [0.2, 0.25) is 5.91 Å². The number of aromatic nitrogens is 2. The van der Waals surface area contributed by atoms with Crippen molar-refractivity contribution in [1.29, 1.82) is 0 Å². The number of hydrogen-bond donors (Lipinski definition) is 3. The second-order valence-corrected chi connectivity index (χ2v) is 11.9. The second-order valence-electron chi connectivity index (χ2n) is 11.9. The Kier molecular flexibility index (Phi) is 8.61. The van der Waals surface area contributed by atoms with Gasteiger partial charge in [-0.15, -0.1) is 0 Å². The Labute approximate surface area is 236 Å². The number of imidazole rings is 1. The molecule has 10 heteroatoms. The zero-order valence-electron chi connectivity index (χ0n) is 24.4. The van der Waals surface area contributed by atoms with Crippen LogP contribution in [0.2, 0.25) is 0 Å². The van der Waals surface area contributed by atoms with E-state index in [1.165, 1.54) is 7.11 Å². The smallest absolute Gasteiger partial charge is 0.407 e. The van der Waals surface area contributed by atoms with Crippen LogP contribution in [0.15, 0.2) is 42.6 Å². The molecule has 0 bridgehead atoms. The molecule has 0 saturated carbocycles. The molecule has 3 N–H and O–H groups in total. The van der Waals surface area contributed by atoms with Crippen LogP contribution in [0.4, 0.5) is 4.79 Å². The molecule has 1 radical (unpaired) electrons. The first-order valence-electron chi connectivity index (χ1n) is 13.8. The van der Waals surface area contributed by atoms with E-state index in [1.807, 2.05) is 56.9 Å². The van der Waals surface area contributed by atoms with Gasteiger partial charge in [-0.2, -0.15) is 0 Å². The standard InChI is InChI=1S/C30H40BN4O5/c1-18(2)25(34-28(37)39-7)27(36)35-14-8-9-24(35)26-32-17-23(33-26)21-11-10-20-16-22(13-12-19(20)15-21)31-40-30(5,6)29(3,4)38/h10-13,15-18,24-25,38H,8-9,14H2,1-7H3,(H,32,33)(H,34,37)/t24-,25-/m0/s1. The van der Waals surface area contributed by atoms with Gasteiger partial charge < -0.3 is 29.7 Å². The van der Waals surface area contributed by atoms with Gasteiger partial charge in [0, 0.05) is 12.1 Å². The Hall–Kier alpha value is -3.37. The minimum atomic E-state index is -0.989. The van der Waals surface area contributed by atoms with Crippen molar-refractivity contribution in [2.24, 2.45) is 5.92 Å². The third-order valence-electron chi connectivity index (χ3n) is 7.98. The lowest BCUT2D eigenvalue weighted by Gasteiger charge is -2.37. The minimum Gasteiger partial charge on any atom is -0.453 e. The Bertz CT molecular complexity index is 1360. The average molecular weight is 547 g/mol. The van der Waals surface area contributed by atoms with E-state index in [0.29, 0.717) is 6.54 Å². The Balaban J connectivity index is 1.50. The van der Waals surface area contributed by atoms with Gasteiger partial charge in [0.25, 0.3) is 0 Å². The summed E-state index contributed by atoms with van der Waals surface area (Å²) in [5.41, 5.74) is 1.04. The lowest BCUT2D eigenvalue weighted by Crippen LogP contribution is -2.51. The minimum absolute atomic E-state index is 0.0877. The number of likely N-dealkylation sites (tertiary alicyclic amines) is 1. The molecular formula is C30H40BN4O5. The molecule has 40 heavy (non-hydrogen) atoms. The van der Waals surface area contributed by atoms with Crippen LogP contribution < -0.4 is 10.8 Å². The second kappa shape index (κ2) is 11.6. The predicted molar refractivity (Wildman–Crippen MR) is 156 cm³/mol. The molecule has 9 nitrogen and oxygen atoms in total. The van der Waals surface area contributed by atoms with Crippen molar-refractivity contribution in [3.8, 4) is 11.3 Å². The highest BCUT2D eigenvalue weighted by molar-refractivity contribution is 6.47. The molecule has 0 unspecified atom stereocenters. The van der Waals surface area contributed by atoms with Crippen LogP contribution in [-0.4, -0.2) is 70.4 Å². The number of alkyl carbamates (subject to hydrolysis) is 1. The molecule has 1 saturated heterocycles. The summed E-state index contributed by atoms with van der Waals surface area (Å²) in [5.74, 6) is 0.516. The SMILES string of the molecule is COC(=O)N[C@H](C(=O)N1CCC[C@H]1c1ncc(-c2ccc3cc([B]OC(C)(C)C(C)(C)O)ccc3c2)[nH]1)C(C)C. The summed E-state index contributed by atoms with van der Waals surface area (Å²) in [4.78, 5) is 35.1. The number of nitrogens with zero attached hydrogens (tertiary/aromatic N) is 2. The van der Waals surface area contributed by atoms with Crippen molar-refractivity contribution in [3.63, 3.8) is 0 Å². The van der Waals surface area contributed by atoms with E-state index in [0.717, 1.165) is 46.2 Å². The van der Waals surface area contributed by atoms with Gasteiger partial charge in [0.15, 0.2) is 0 Å². The number of aromatic amines is 1. The van der Waals surface area contributed by atoms with Gasteiger partial charge in [0.1, 0.15) is 11.9 Å². The molecule has 4 rings (SSSR count). The third-order valence-corrected chi connectivity index (χ3v) is 7.98. The molecular weight excluding hydrogens is 507 g/mol. The predicted octanol–water partition coefficient (Wildman–Crippen LogP) is 4.08. The first kappa shape index (κ1) is 29.6. The molecule has 3 aromatic rings. The van der Waals surface area contributed by atoms with Gasteiger partial charge in [-0.1, -0.05) is 49.6 Å². The summed E-state index contributed by atoms with van der Waals surface area (Å²) < 4.78 is 10.6. The Morgan fingerprint density at radius 3 is 2.52 bits per heavy atom. The highest BCUT2D eigenvalue weighted by Crippen LogP contribution is 2.33. The van der Waals surface area contributed by atoms with Gasteiger partial charge in [-0.25, -0.2) is 9.78 Å². The lowest BCUT2D eigenvalue weighted by molar-refractivity contribution is -0.135. The van der Waals surface area contributed by atoms with Crippen LogP contribution in [-0.2, 0) is 14.2 Å². The van der Waals surface area contributed by atoms with E-state index in [1.54, 1.807) is 27.5 Å². The van der Waals surface area contributed by atoms with E-state index >= 15 is 0 Å². The number of methoxy groups -OCH3 is 1. The number of carbonyl (C=O) groups is 2. The molecule has 2 atom stereocenters. The molecule has 1 fully saturated rings. The van der Waals surface area contributed by atoms with E-state index < -0.39 is 23.3 Å². The number of carbonyl (C=O) groups excluding carboxylic acids is 2. The average Bonchev–Trinajstić information content (AvgIpc) is 3.59. The van der Waals surface area contributed by atoms with Crippen molar-refractivity contribution in [3.05, 3.63) is 48.4 Å². The van der Waals surface area contributed by atoms with Crippen LogP contribution in [0.1, 0.15) is 66.3 Å². The maximum atomic E-state index is 13.4. The number of rotatable bonds is 9. The molecule has 1 aliphatic rings. The molecule has 2 aromatic carbocycles. The largest absolute Gasteiger partial charge is 0.453 e. The summed E-state index contributed by atoms with van der Waals surface area (Å²) in [6, 6.07) is 11.4. The highest BCUT2D eigenvalue weighted by atomic mass is 16.5. The van der Waals surface area contributed by atoms with Crippen molar-refractivity contribution in [2.45, 2.75) is 77.7 Å². The van der Waals surface area contributed by atoms with Crippen molar-refractivity contribution < 1.29 is 24.1 Å². The normalized spacial score (nSPS) is 16.8. The lowest BCUT2D eigenvalue weighted by atomic mass is 9.82. The van der Waals surface area contributed by atoms with Gasteiger partial charge in [0.05, 0.1) is 36.2 Å². The van der Waals surface area contributed by atoms with E-state index in [9.17, 15) is 14.7 Å². The fourth-order valence-electron chi connectivity index (χ4n) is 4.71. The zero-order valence-corrected chi connectivity index (χ0v) is 24.4. The number of H-pyrrole nitrogens is 1. The molecule has 2 amide bonds. The Morgan fingerprint density at radius 2 is 1.85 bits per heavy atom. The Morgan fingerprint density at radius 1 is 1.15 bits per heavy atom. The first-order valence-corrected chi connectivity index (χ1v) is 13.8. The van der Waals surface area contributed by atoms with Gasteiger partial charge in [-0.05, 0) is 63.3 Å². The van der Waals surface area contributed by atoms with Crippen LogP contribution in [0.3, 0.4) is 0 Å². The van der Waals surface area contributed by atoms with Gasteiger partial charge >= 0.3 is 13.6 Å². The van der Waals surface area contributed by atoms with Crippen LogP contribution in [0.25, 0.3) is 22.0 Å². The van der Waals surface area contributed by atoms with Crippen LogP contribution >= 0.6 is 0 Å². The monoisotopic (exact) mass is 547 g/mol. The third kappa shape index (κ3) is 6.34. The summed E-state index contributed by atoms with van der Waals surface area (Å²) >= 11 is 0. The van der Waals surface area contributed by atoms with Crippen LogP contribution in [0, 0.1) is 5.92 Å². The molecule has 0 spiro atoms. The quantitative estimate of drug-likeness (QED) is 0.348. The first-order chi connectivity index (χ1) is 18.8. The summed E-state index contributed by atoms with van der Waals surface area (Å²) in [6.07, 6.45) is 2.85. The van der Waals surface area contributed by atoms with E-state index in [2.05, 4.69) is 27.4 Å². The number of benzene rings is 2. The molecule has 1 aromatic heterocycles. The number of amides is 2. The van der Waals surface area contributed by atoms with Crippen molar-refractivity contribution in [1.82, 2.24) is 20.2 Å². The molecule has 213 valence electrons. The molecule has 0 aliphatic carbocycles. The fraction of sp³-hybridized carbons (Fsp3) is 0.500. The fourth-order valence-corrected chi connectivity index (χ4v) is 4.71. The number of fused-ring (bicyclic) bond motifs is 1. The van der Waals surface area contributed by atoms with Crippen molar-refractivity contribution >= 4 is 35.7 Å². The number of aliphatic hydroxyl groups is 1. The summed E-state index contributed by atoms with van der Waals surface area (Å²) in [7, 11) is 2.98. The highest BCUT2D eigenvalue weighted by Gasteiger charge is 2.38. The number of ether oxygens (including phenoxy) is 1. The van der Waals surface area contributed by atoms with E-state index in [-0.39, 0.29) is 17.9 Å². The summed E-state index contributed by atoms with van der Waals surface area (Å²) in [5, 5.41) is 15.2. The molecule has 2 heterocycles. The van der Waals surface area contributed by atoms with Crippen LogP contribution in [0.5, 0.6) is 0 Å². The van der Waals surface area contributed by atoms with Gasteiger partial charge in [-0.3, -0.25) is 4.79 Å². The summed E-state index contributed by atoms with van der Waals surface area (Å²) in [6.45, 7) is 11.6.